The van der Waals surface area contributed by atoms with E-state index in [1.807, 2.05) is 25.1 Å². The van der Waals surface area contributed by atoms with Gasteiger partial charge in [-0.2, -0.15) is 0 Å². The summed E-state index contributed by atoms with van der Waals surface area (Å²) in [5.41, 5.74) is 1.97. The first-order valence-electron chi connectivity index (χ1n) is 6.72. The van der Waals surface area contributed by atoms with E-state index in [0.29, 0.717) is 5.11 Å². The van der Waals surface area contributed by atoms with Gasteiger partial charge in [0.2, 0.25) is 0 Å². The van der Waals surface area contributed by atoms with E-state index in [0.717, 1.165) is 42.5 Å². The molecule has 0 radical (unpaired) electrons. The predicted molar refractivity (Wildman–Crippen MR) is 87.3 cm³/mol. The van der Waals surface area contributed by atoms with E-state index in [4.69, 9.17) is 23.8 Å². The molecule has 0 atom stereocenters. The molecule has 0 fully saturated rings. The fraction of sp³-hybridized carbons (Fsp3) is 0.500. The van der Waals surface area contributed by atoms with Crippen molar-refractivity contribution in [3.63, 3.8) is 0 Å². The zero-order valence-electron chi connectivity index (χ0n) is 11.8. The van der Waals surface area contributed by atoms with Crippen LogP contribution in [0.25, 0.3) is 0 Å². The molecule has 0 saturated carbocycles. The van der Waals surface area contributed by atoms with Crippen LogP contribution < -0.4 is 15.5 Å². The molecule has 0 aliphatic heterocycles. The molecule has 0 amide bonds. The fourth-order valence-corrected chi connectivity index (χ4v) is 2.25. The van der Waals surface area contributed by atoms with Crippen LogP contribution in [-0.4, -0.2) is 31.3 Å². The number of halogens is 1. The van der Waals surface area contributed by atoms with Crippen LogP contribution in [0.3, 0.4) is 0 Å². The van der Waals surface area contributed by atoms with Crippen LogP contribution in [0.2, 0.25) is 5.02 Å². The number of quaternary nitrogens is 1. The standard InChI is InChI=1S/C14H22ClN3S/c1-4-18(5-2)10-9-16-14(19)17-13-8-6-7-12(15)11(13)3/h6-8H,4-5,9-10H2,1-3H3,(H2,16,17,19)/p+1. The third-order valence-corrected chi connectivity index (χ3v) is 3.94. The van der Waals surface area contributed by atoms with Crippen molar-refractivity contribution in [3.05, 3.63) is 28.8 Å². The lowest BCUT2D eigenvalue weighted by Gasteiger charge is -2.17. The van der Waals surface area contributed by atoms with Crippen molar-refractivity contribution in [2.45, 2.75) is 20.8 Å². The molecule has 3 N–H and O–H groups in total. The molecule has 5 heteroatoms. The first kappa shape index (κ1) is 16.2. The molecule has 1 aromatic carbocycles. The summed E-state index contributed by atoms with van der Waals surface area (Å²) in [6, 6.07) is 5.77. The first-order chi connectivity index (χ1) is 9.08. The largest absolute Gasteiger partial charge is 0.357 e. The van der Waals surface area contributed by atoms with E-state index in [2.05, 4.69) is 24.5 Å². The first-order valence-corrected chi connectivity index (χ1v) is 7.50. The Morgan fingerprint density at radius 3 is 2.63 bits per heavy atom. The average Bonchev–Trinajstić information content (AvgIpc) is 2.40. The molecule has 0 spiro atoms. The Morgan fingerprint density at radius 1 is 1.32 bits per heavy atom. The Hall–Kier alpha value is -0.840. The van der Waals surface area contributed by atoms with Gasteiger partial charge in [-0.25, -0.2) is 0 Å². The van der Waals surface area contributed by atoms with Crippen LogP contribution in [0, 0.1) is 6.92 Å². The summed E-state index contributed by atoms with van der Waals surface area (Å²) >= 11 is 11.4. The van der Waals surface area contributed by atoms with Crippen LogP contribution in [0.4, 0.5) is 5.69 Å². The summed E-state index contributed by atoms with van der Waals surface area (Å²) in [5, 5.41) is 7.82. The van der Waals surface area contributed by atoms with Crippen LogP contribution in [0.15, 0.2) is 18.2 Å². The molecule has 0 unspecified atom stereocenters. The minimum atomic E-state index is 0.650. The molecule has 1 rings (SSSR count). The quantitative estimate of drug-likeness (QED) is 0.701. The highest BCUT2D eigenvalue weighted by atomic mass is 35.5. The molecule has 0 bridgehead atoms. The predicted octanol–water partition coefficient (Wildman–Crippen LogP) is 1.86. The van der Waals surface area contributed by atoms with Crippen LogP contribution in [-0.2, 0) is 0 Å². The Morgan fingerprint density at radius 2 is 2.00 bits per heavy atom. The maximum absolute atomic E-state index is 6.07. The second kappa shape index (κ2) is 8.35. The van der Waals surface area contributed by atoms with E-state index in [1.165, 1.54) is 0 Å². The van der Waals surface area contributed by atoms with Crippen molar-refractivity contribution in [3.8, 4) is 0 Å². The number of likely N-dealkylation sites (N-methyl/N-ethyl adjacent to an activating group) is 1. The highest BCUT2D eigenvalue weighted by molar-refractivity contribution is 7.80. The van der Waals surface area contributed by atoms with Crippen LogP contribution in [0.5, 0.6) is 0 Å². The second-order valence-corrected chi connectivity index (χ2v) is 5.32. The maximum Gasteiger partial charge on any atom is 0.170 e. The lowest BCUT2D eigenvalue weighted by atomic mass is 10.2. The van der Waals surface area contributed by atoms with Gasteiger partial charge in [-0.3, -0.25) is 0 Å². The molecule has 0 aliphatic rings. The summed E-state index contributed by atoms with van der Waals surface area (Å²) in [6.45, 7) is 10.6. The highest BCUT2D eigenvalue weighted by Crippen LogP contribution is 2.22. The van der Waals surface area contributed by atoms with Gasteiger partial charge in [-0.15, -0.1) is 0 Å². The number of benzene rings is 1. The summed E-state index contributed by atoms with van der Waals surface area (Å²) in [7, 11) is 0. The normalized spacial score (nSPS) is 10.6. The number of rotatable bonds is 6. The molecule has 0 aromatic heterocycles. The van der Waals surface area contributed by atoms with Gasteiger partial charge in [0.1, 0.15) is 0 Å². The van der Waals surface area contributed by atoms with Crippen molar-refractivity contribution in [2.24, 2.45) is 0 Å². The van der Waals surface area contributed by atoms with Gasteiger partial charge in [0, 0.05) is 10.7 Å². The number of anilines is 1. The summed E-state index contributed by atoms with van der Waals surface area (Å²) in [5.74, 6) is 0. The second-order valence-electron chi connectivity index (χ2n) is 4.50. The fourth-order valence-electron chi connectivity index (χ4n) is 1.87. The molecule has 1 aromatic rings. The summed E-state index contributed by atoms with van der Waals surface area (Å²) < 4.78 is 0. The smallest absolute Gasteiger partial charge is 0.170 e. The molecule has 0 saturated heterocycles. The lowest BCUT2D eigenvalue weighted by molar-refractivity contribution is -0.895. The number of hydrogen-bond donors (Lipinski definition) is 3. The Labute approximate surface area is 126 Å². The third kappa shape index (κ3) is 5.35. The van der Waals surface area contributed by atoms with Gasteiger partial charge in [-0.05, 0) is 50.7 Å². The maximum atomic E-state index is 6.07. The van der Waals surface area contributed by atoms with Crippen molar-refractivity contribution < 1.29 is 4.90 Å². The topological polar surface area (TPSA) is 28.5 Å². The third-order valence-electron chi connectivity index (χ3n) is 3.28. The molecule has 19 heavy (non-hydrogen) atoms. The molecule has 3 nitrogen and oxygen atoms in total. The van der Waals surface area contributed by atoms with E-state index >= 15 is 0 Å². The highest BCUT2D eigenvalue weighted by Gasteiger charge is 2.05. The molecular weight excluding hydrogens is 278 g/mol. The van der Waals surface area contributed by atoms with Gasteiger partial charge in [-0.1, -0.05) is 17.7 Å². The minimum absolute atomic E-state index is 0.650. The van der Waals surface area contributed by atoms with E-state index in [1.54, 1.807) is 4.90 Å². The van der Waals surface area contributed by atoms with E-state index in [-0.39, 0.29) is 0 Å². The van der Waals surface area contributed by atoms with Gasteiger partial charge < -0.3 is 15.5 Å². The number of hydrogen-bond acceptors (Lipinski definition) is 1. The van der Waals surface area contributed by atoms with Crippen molar-refractivity contribution in [2.75, 3.05) is 31.5 Å². The van der Waals surface area contributed by atoms with Crippen molar-refractivity contribution in [1.29, 1.82) is 0 Å². The SMILES string of the molecule is CC[NH+](CC)CCNC(=S)Nc1cccc(Cl)c1C. The summed E-state index contributed by atoms with van der Waals surface area (Å²) in [4.78, 5) is 1.56. The van der Waals surface area contributed by atoms with Gasteiger partial charge in [0.05, 0.1) is 26.2 Å². The van der Waals surface area contributed by atoms with Gasteiger partial charge >= 0.3 is 0 Å². The summed E-state index contributed by atoms with van der Waals surface area (Å²) in [6.07, 6.45) is 0. The average molecular weight is 301 g/mol. The van der Waals surface area contributed by atoms with E-state index < -0.39 is 0 Å². The molecule has 0 aliphatic carbocycles. The van der Waals surface area contributed by atoms with Crippen molar-refractivity contribution in [1.82, 2.24) is 5.32 Å². The van der Waals surface area contributed by atoms with Crippen LogP contribution >= 0.6 is 23.8 Å². The van der Waals surface area contributed by atoms with Crippen molar-refractivity contribution >= 4 is 34.6 Å². The van der Waals surface area contributed by atoms with Gasteiger partial charge in [0.25, 0.3) is 0 Å². The zero-order valence-corrected chi connectivity index (χ0v) is 13.4. The van der Waals surface area contributed by atoms with E-state index in [9.17, 15) is 0 Å². The molecule has 106 valence electrons. The van der Waals surface area contributed by atoms with Crippen LogP contribution in [0.1, 0.15) is 19.4 Å². The zero-order chi connectivity index (χ0) is 14.3. The monoisotopic (exact) mass is 300 g/mol. The molecule has 0 heterocycles. The van der Waals surface area contributed by atoms with Gasteiger partial charge in [0.15, 0.2) is 5.11 Å². The minimum Gasteiger partial charge on any atom is -0.357 e. The Balaban J connectivity index is 2.41. The number of thiocarbonyl (C=S) groups is 1. The Kier molecular flexibility index (Phi) is 7.13. The number of nitrogens with one attached hydrogen (secondary N) is 3. The lowest BCUT2D eigenvalue weighted by Crippen LogP contribution is -3.12. The Bertz CT molecular complexity index is 419. The molecular formula is C14H23ClN3S+.